The molecule has 1 atom stereocenters. The first-order chi connectivity index (χ1) is 13.6. The Bertz CT molecular complexity index is 1080. The monoisotopic (exact) mass is 444 g/mol. The lowest BCUT2D eigenvalue weighted by Gasteiger charge is -2.18. The number of carbonyl (C=O) groups excluding carboxylic acids is 1. The van der Waals surface area contributed by atoms with Crippen molar-refractivity contribution in [3.63, 3.8) is 0 Å². The van der Waals surface area contributed by atoms with Gasteiger partial charge in [0, 0.05) is 11.6 Å². The smallest absolute Gasteiger partial charge is 0.322 e. The van der Waals surface area contributed by atoms with E-state index in [4.69, 9.17) is 28.9 Å². The summed E-state index contributed by atoms with van der Waals surface area (Å²) in [6, 6.07) is 8.33. The second-order valence-corrected chi connectivity index (χ2v) is 7.09. The third-order valence-corrected chi connectivity index (χ3v) is 4.91. The molecule has 29 heavy (non-hydrogen) atoms. The minimum absolute atomic E-state index is 0.165. The van der Waals surface area contributed by atoms with Crippen molar-refractivity contribution in [2.75, 3.05) is 6.54 Å². The van der Waals surface area contributed by atoms with E-state index in [0.717, 1.165) is 18.2 Å². The Kier molecular flexibility index (Phi) is 6.03. The molecule has 3 nitrogen and oxygen atoms in total. The maximum Gasteiger partial charge on any atom is 0.399 e. The lowest BCUT2D eigenvalue weighted by Crippen LogP contribution is -2.19. The molecule has 0 saturated heterocycles. The summed E-state index contributed by atoms with van der Waals surface area (Å²) in [5.41, 5.74) is 6.18. The molecule has 0 aliphatic rings. The van der Waals surface area contributed by atoms with Crippen LogP contribution in [0.1, 0.15) is 21.8 Å². The summed E-state index contributed by atoms with van der Waals surface area (Å²) in [5, 5.41) is -0.296. The van der Waals surface area contributed by atoms with Gasteiger partial charge in [-0.15, -0.1) is 0 Å². The highest BCUT2D eigenvalue weighted by molar-refractivity contribution is 6.35. The van der Waals surface area contributed by atoms with Crippen LogP contribution in [0.3, 0.4) is 0 Å². The standard InChI is InChI=1S/C20H14Cl2F4N2O/c21-15-8-13(9-16(22)19(15)23)14(20(24,25)26)3-1-11-2-4-17-12(7-11)5-6-28(17)18(29)10-27/h1-9,14H,10,27H2/b3-1+. The van der Waals surface area contributed by atoms with Gasteiger partial charge in [-0.1, -0.05) is 41.4 Å². The predicted molar refractivity (Wildman–Crippen MR) is 106 cm³/mol. The van der Waals surface area contributed by atoms with Gasteiger partial charge in [0.2, 0.25) is 5.91 Å². The van der Waals surface area contributed by atoms with Crippen molar-refractivity contribution in [2.45, 2.75) is 12.1 Å². The van der Waals surface area contributed by atoms with E-state index in [9.17, 15) is 22.4 Å². The highest BCUT2D eigenvalue weighted by atomic mass is 35.5. The van der Waals surface area contributed by atoms with Crippen LogP contribution >= 0.6 is 23.2 Å². The number of hydrogen-bond donors (Lipinski definition) is 1. The van der Waals surface area contributed by atoms with Crippen molar-refractivity contribution in [1.29, 1.82) is 0 Å². The molecule has 0 aliphatic heterocycles. The van der Waals surface area contributed by atoms with Gasteiger partial charge in [0.1, 0.15) is 0 Å². The fraction of sp³-hybridized carbons (Fsp3) is 0.150. The number of halogens is 6. The fourth-order valence-electron chi connectivity index (χ4n) is 2.95. The summed E-state index contributed by atoms with van der Waals surface area (Å²) < 4.78 is 55.7. The summed E-state index contributed by atoms with van der Waals surface area (Å²) in [5.74, 6) is -3.30. The van der Waals surface area contributed by atoms with Crippen molar-refractivity contribution in [3.8, 4) is 0 Å². The van der Waals surface area contributed by atoms with Crippen LogP contribution in [0, 0.1) is 5.82 Å². The van der Waals surface area contributed by atoms with Crippen molar-refractivity contribution in [2.24, 2.45) is 5.73 Å². The van der Waals surface area contributed by atoms with Gasteiger partial charge in [0.15, 0.2) is 5.82 Å². The zero-order valence-corrected chi connectivity index (χ0v) is 16.2. The molecule has 2 N–H and O–H groups in total. The van der Waals surface area contributed by atoms with E-state index in [1.54, 1.807) is 30.5 Å². The Labute approximate surface area is 173 Å². The Hall–Kier alpha value is -2.35. The summed E-state index contributed by atoms with van der Waals surface area (Å²) in [6.07, 6.45) is -0.843. The van der Waals surface area contributed by atoms with Crippen LogP contribution in [0.15, 0.2) is 48.7 Å². The first-order valence-corrected chi connectivity index (χ1v) is 9.11. The molecule has 0 fully saturated rings. The summed E-state index contributed by atoms with van der Waals surface area (Å²) in [4.78, 5) is 11.8. The normalized spacial score (nSPS) is 13.3. The first kappa shape index (κ1) is 21.4. The highest BCUT2D eigenvalue weighted by Gasteiger charge is 2.39. The Morgan fingerprint density at radius 2 is 1.79 bits per heavy atom. The molecule has 3 aromatic rings. The van der Waals surface area contributed by atoms with Crippen molar-refractivity contribution in [1.82, 2.24) is 4.57 Å². The molecule has 0 amide bonds. The van der Waals surface area contributed by atoms with Gasteiger partial charge in [-0.05, 0) is 41.5 Å². The number of carbonyl (C=O) groups is 1. The SMILES string of the molecule is NCC(=O)n1ccc2cc(/C=C/C(c3cc(Cl)c(F)c(Cl)c3)C(F)(F)F)ccc21. The molecule has 9 heteroatoms. The molecule has 1 heterocycles. The fourth-order valence-corrected chi connectivity index (χ4v) is 3.46. The van der Waals surface area contributed by atoms with Crippen molar-refractivity contribution >= 4 is 46.1 Å². The van der Waals surface area contributed by atoms with E-state index < -0.39 is 28.0 Å². The van der Waals surface area contributed by atoms with E-state index in [1.165, 1.54) is 10.6 Å². The molecule has 0 spiro atoms. The zero-order chi connectivity index (χ0) is 21.3. The molecular weight excluding hydrogens is 431 g/mol. The molecule has 0 radical (unpaired) electrons. The van der Waals surface area contributed by atoms with Gasteiger partial charge in [-0.25, -0.2) is 4.39 Å². The topological polar surface area (TPSA) is 48.0 Å². The average molecular weight is 445 g/mol. The number of nitrogens with two attached hydrogens (primary N) is 1. The maximum absolute atomic E-state index is 13.6. The van der Waals surface area contributed by atoms with Crippen LogP contribution in [0.25, 0.3) is 17.0 Å². The zero-order valence-electron chi connectivity index (χ0n) is 14.7. The van der Waals surface area contributed by atoms with Crippen molar-refractivity contribution in [3.05, 3.63) is 75.7 Å². The molecule has 152 valence electrons. The van der Waals surface area contributed by atoms with Gasteiger partial charge in [-0.2, -0.15) is 13.2 Å². The molecule has 1 unspecified atom stereocenters. The van der Waals surface area contributed by atoms with Gasteiger partial charge in [0.05, 0.1) is 28.0 Å². The average Bonchev–Trinajstić information content (AvgIpc) is 3.07. The van der Waals surface area contributed by atoms with Gasteiger partial charge >= 0.3 is 6.18 Å². The second kappa shape index (κ2) is 8.18. The highest BCUT2D eigenvalue weighted by Crippen LogP contribution is 2.39. The largest absolute Gasteiger partial charge is 0.399 e. The van der Waals surface area contributed by atoms with Gasteiger partial charge in [0.25, 0.3) is 0 Å². The molecule has 0 saturated carbocycles. The quantitative estimate of drug-likeness (QED) is 0.393. The molecule has 0 aliphatic carbocycles. The van der Waals surface area contributed by atoms with Crippen LogP contribution in [0.5, 0.6) is 0 Å². The first-order valence-electron chi connectivity index (χ1n) is 8.35. The maximum atomic E-state index is 13.6. The number of rotatable bonds is 4. The number of hydrogen-bond acceptors (Lipinski definition) is 2. The van der Waals surface area contributed by atoms with Crippen LogP contribution < -0.4 is 5.73 Å². The van der Waals surface area contributed by atoms with Gasteiger partial charge in [-0.3, -0.25) is 9.36 Å². The lowest BCUT2D eigenvalue weighted by molar-refractivity contribution is -0.139. The number of aromatic nitrogens is 1. The molecule has 2 aromatic carbocycles. The number of benzene rings is 2. The summed E-state index contributed by atoms with van der Waals surface area (Å²) in [6.45, 7) is -0.165. The summed E-state index contributed by atoms with van der Waals surface area (Å²) >= 11 is 11.3. The minimum Gasteiger partial charge on any atom is -0.322 e. The second-order valence-electron chi connectivity index (χ2n) is 6.28. The Morgan fingerprint density at radius 1 is 1.14 bits per heavy atom. The van der Waals surface area contributed by atoms with E-state index in [0.29, 0.717) is 16.5 Å². The molecule has 3 rings (SSSR count). The molecular formula is C20H14Cl2F4N2O. The van der Waals surface area contributed by atoms with Crippen LogP contribution in [0.4, 0.5) is 17.6 Å². The minimum atomic E-state index is -4.64. The van der Waals surface area contributed by atoms with E-state index in [2.05, 4.69) is 0 Å². The third-order valence-electron chi connectivity index (χ3n) is 4.36. The third kappa shape index (κ3) is 4.47. The number of allylic oxidation sites excluding steroid dienone is 1. The van der Waals surface area contributed by atoms with E-state index in [1.807, 2.05) is 0 Å². The lowest BCUT2D eigenvalue weighted by atomic mass is 9.97. The predicted octanol–water partition coefficient (Wildman–Crippen LogP) is 6.05. The van der Waals surface area contributed by atoms with Crippen LogP contribution in [-0.4, -0.2) is 23.2 Å². The number of fused-ring (bicyclic) bond motifs is 1. The Morgan fingerprint density at radius 3 is 2.38 bits per heavy atom. The Balaban J connectivity index is 1.97. The van der Waals surface area contributed by atoms with Crippen molar-refractivity contribution < 1.29 is 22.4 Å². The van der Waals surface area contributed by atoms with E-state index >= 15 is 0 Å². The summed E-state index contributed by atoms with van der Waals surface area (Å²) in [7, 11) is 0. The van der Waals surface area contributed by atoms with Crippen LogP contribution in [0.2, 0.25) is 10.0 Å². The van der Waals surface area contributed by atoms with E-state index in [-0.39, 0.29) is 18.0 Å². The van der Waals surface area contributed by atoms with Gasteiger partial charge < -0.3 is 5.73 Å². The molecule has 1 aromatic heterocycles. The van der Waals surface area contributed by atoms with Crippen LogP contribution in [-0.2, 0) is 0 Å². The molecule has 0 bridgehead atoms. The number of alkyl halides is 3. The number of nitrogens with zero attached hydrogens (tertiary/aromatic N) is 1.